The quantitative estimate of drug-likeness (QED) is 0.330. The van der Waals surface area contributed by atoms with Crippen LogP contribution in [0, 0.1) is 0 Å². The normalized spacial score (nSPS) is 12.1. The van der Waals surface area contributed by atoms with Gasteiger partial charge in [0, 0.05) is 12.8 Å². The summed E-state index contributed by atoms with van der Waals surface area (Å²) in [5, 5.41) is 33.6. The minimum absolute atomic E-state index is 0.00667. The molecule has 0 radical (unpaired) electrons. The summed E-state index contributed by atoms with van der Waals surface area (Å²) in [5.74, 6) is -1.35. The first-order chi connectivity index (χ1) is 12.7. The molecule has 0 saturated heterocycles. The monoisotopic (exact) mass is 394 g/mol. The molecule has 27 heavy (non-hydrogen) atoms. The van der Waals surface area contributed by atoms with E-state index in [2.05, 4.69) is 13.8 Å². The Morgan fingerprint density at radius 3 is 1.48 bits per heavy atom. The molecule has 164 valence electrons. The van der Waals surface area contributed by atoms with Gasteiger partial charge in [-0.2, -0.15) is 0 Å². The Balaban J connectivity index is -0.000000320. The van der Waals surface area contributed by atoms with E-state index >= 15 is 0 Å². The van der Waals surface area contributed by atoms with E-state index in [-0.39, 0.29) is 12.7 Å². The molecule has 0 bridgehead atoms. The molecular formula is C20H42O7. The summed E-state index contributed by atoms with van der Waals surface area (Å²) in [6.07, 6.45) is 8.50. The molecule has 0 aliphatic heterocycles. The number of rotatable bonds is 14. The molecule has 0 aliphatic rings. The maximum Gasteiger partial charge on any atom is 0.303 e. The molecule has 0 amide bonds. The van der Waals surface area contributed by atoms with E-state index in [0.717, 1.165) is 38.5 Å². The summed E-state index contributed by atoms with van der Waals surface area (Å²) in [6.45, 7) is 7.92. The summed E-state index contributed by atoms with van der Waals surface area (Å²) in [6, 6.07) is 0. The van der Waals surface area contributed by atoms with E-state index in [0.29, 0.717) is 19.4 Å². The second-order valence-corrected chi connectivity index (χ2v) is 6.58. The van der Waals surface area contributed by atoms with E-state index in [1.165, 1.54) is 12.8 Å². The Hall–Kier alpha value is -1.18. The van der Waals surface area contributed by atoms with Gasteiger partial charge in [0.05, 0.1) is 25.4 Å². The molecular weight excluding hydrogens is 352 g/mol. The number of carboxylic acid groups (broad SMARTS) is 2. The Morgan fingerprint density at radius 2 is 1.22 bits per heavy atom. The van der Waals surface area contributed by atoms with Crippen molar-refractivity contribution in [3.8, 4) is 0 Å². The molecule has 0 saturated carbocycles. The zero-order chi connectivity index (χ0) is 21.5. The van der Waals surface area contributed by atoms with Crippen LogP contribution in [0.3, 0.4) is 0 Å². The predicted molar refractivity (Wildman–Crippen MR) is 107 cm³/mol. The zero-order valence-electron chi connectivity index (χ0n) is 17.7. The second kappa shape index (κ2) is 24.8. The number of carbonyl (C=O) groups is 2. The van der Waals surface area contributed by atoms with Crippen molar-refractivity contribution in [2.24, 2.45) is 0 Å². The lowest BCUT2D eigenvalue weighted by Gasteiger charge is -2.10. The predicted octanol–water partition coefficient (Wildman–Crippen LogP) is 3.85. The number of carboxylic acids is 2. The van der Waals surface area contributed by atoms with Crippen LogP contribution >= 0.6 is 0 Å². The van der Waals surface area contributed by atoms with Crippen molar-refractivity contribution in [3.63, 3.8) is 0 Å². The van der Waals surface area contributed by atoms with Crippen LogP contribution in [0.1, 0.15) is 91.9 Å². The van der Waals surface area contributed by atoms with Crippen LogP contribution in [-0.2, 0) is 14.3 Å². The highest BCUT2D eigenvalue weighted by Crippen LogP contribution is 2.02. The molecule has 0 spiro atoms. The van der Waals surface area contributed by atoms with Crippen LogP contribution in [-0.4, -0.2) is 57.8 Å². The standard InChI is InChI=1S/2C7H14O2.C6H14O3/c2*1-2-3-4-5-6-7(8)9;1-5(8)4-9-6(2)3-7/h2*2-6H2,1H3,(H,8,9);5-8H,3-4H2,1-2H3. The Labute approximate surface area is 164 Å². The van der Waals surface area contributed by atoms with Gasteiger partial charge in [0.15, 0.2) is 0 Å². The molecule has 0 rings (SSSR count). The van der Waals surface area contributed by atoms with Crippen LogP contribution in [0.25, 0.3) is 0 Å². The van der Waals surface area contributed by atoms with E-state index < -0.39 is 18.0 Å². The average molecular weight is 395 g/mol. The van der Waals surface area contributed by atoms with Gasteiger partial charge in [-0.3, -0.25) is 9.59 Å². The fourth-order valence-corrected chi connectivity index (χ4v) is 1.76. The molecule has 2 unspecified atom stereocenters. The van der Waals surface area contributed by atoms with Gasteiger partial charge >= 0.3 is 11.9 Å². The molecule has 0 heterocycles. The Bertz CT molecular complexity index is 297. The molecule has 0 fully saturated rings. The Kier molecular flexibility index (Phi) is 28.1. The number of aliphatic carboxylic acids is 2. The lowest BCUT2D eigenvalue weighted by molar-refractivity contribution is -0.138. The van der Waals surface area contributed by atoms with E-state index in [9.17, 15) is 9.59 Å². The Morgan fingerprint density at radius 1 is 0.815 bits per heavy atom. The second-order valence-electron chi connectivity index (χ2n) is 6.58. The lowest BCUT2D eigenvalue weighted by Crippen LogP contribution is -2.19. The molecule has 0 aliphatic carbocycles. The van der Waals surface area contributed by atoms with Crippen molar-refractivity contribution in [3.05, 3.63) is 0 Å². The number of hydrogen-bond acceptors (Lipinski definition) is 5. The van der Waals surface area contributed by atoms with E-state index in [1.54, 1.807) is 13.8 Å². The SMILES string of the molecule is CC(O)COC(C)CO.CCCCCCC(=O)O.CCCCCCC(=O)O. The summed E-state index contributed by atoms with van der Waals surface area (Å²) < 4.78 is 4.95. The van der Waals surface area contributed by atoms with E-state index in [1.807, 2.05) is 0 Å². The topological polar surface area (TPSA) is 124 Å². The number of ether oxygens (including phenoxy) is 1. The third-order valence-electron chi connectivity index (χ3n) is 3.37. The first-order valence-electron chi connectivity index (χ1n) is 10.0. The van der Waals surface area contributed by atoms with E-state index in [4.69, 9.17) is 25.2 Å². The largest absolute Gasteiger partial charge is 0.481 e. The van der Waals surface area contributed by atoms with Crippen molar-refractivity contribution in [2.45, 2.75) is 104 Å². The summed E-state index contributed by atoms with van der Waals surface area (Å²) >= 11 is 0. The highest BCUT2D eigenvalue weighted by Gasteiger charge is 2.00. The highest BCUT2D eigenvalue weighted by molar-refractivity contribution is 5.66. The minimum atomic E-state index is -0.675. The van der Waals surface area contributed by atoms with Crippen LogP contribution < -0.4 is 0 Å². The summed E-state index contributed by atoms with van der Waals surface area (Å²) in [5.41, 5.74) is 0. The lowest BCUT2D eigenvalue weighted by atomic mass is 10.2. The van der Waals surface area contributed by atoms with Gasteiger partial charge in [0.25, 0.3) is 0 Å². The smallest absolute Gasteiger partial charge is 0.303 e. The molecule has 4 N–H and O–H groups in total. The fraction of sp³-hybridized carbons (Fsp3) is 0.900. The third kappa shape index (κ3) is 40.7. The van der Waals surface area contributed by atoms with Crippen LogP contribution in [0.5, 0.6) is 0 Å². The first kappa shape index (κ1) is 30.5. The molecule has 2 atom stereocenters. The first-order valence-corrected chi connectivity index (χ1v) is 10.0. The fourth-order valence-electron chi connectivity index (χ4n) is 1.76. The van der Waals surface area contributed by atoms with Crippen molar-refractivity contribution in [1.29, 1.82) is 0 Å². The van der Waals surface area contributed by atoms with Gasteiger partial charge in [-0.05, 0) is 26.7 Å². The maximum atomic E-state index is 9.96. The zero-order valence-corrected chi connectivity index (χ0v) is 17.7. The van der Waals surface area contributed by atoms with Gasteiger partial charge < -0.3 is 25.2 Å². The number of unbranched alkanes of at least 4 members (excludes halogenated alkanes) is 6. The van der Waals surface area contributed by atoms with Gasteiger partial charge in [-0.1, -0.05) is 52.4 Å². The van der Waals surface area contributed by atoms with Crippen LogP contribution in [0.2, 0.25) is 0 Å². The molecule has 0 aromatic rings. The third-order valence-corrected chi connectivity index (χ3v) is 3.37. The molecule has 7 nitrogen and oxygen atoms in total. The maximum absolute atomic E-state index is 9.96. The van der Waals surface area contributed by atoms with Crippen molar-refractivity contribution < 1.29 is 34.8 Å². The summed E-state index contributed by atoms with van der Waals surface area (Å²) in [7, 11) is 0. The average Bonchev–Trinajstić information content (AvgIpc) is 2.61. The molecule has 0 aromatic heterocycles. The molecule has 0 aromatic carbocycles. The minimum Gasteiger partial charge on any atom is -0.481 e. The van der Waals surface area contributed by atoms with Crippen LogP contribution in [0.15, 0.2) is 0 Å². The number of aliphatic hydroxyl groups excluding tert-OH is 2. The van der Waals surface area contributed by atoms with Crippen molar-refractivity contribution in [2.75, 3.05) is 13.2 Å². The van der Waals surface area contributed by atoms with Gasteiger partial charge in [0.1, 0.15) is 0 Å². The van der Waals surface area contributed by atoms with Gasteiger partial charge in [-0.25, -0.2) is 0 Å². The summed E-state index contributed by atoms with van der Waals surface area (Å²) in [4.78, 5) is 19.9. The highest BCUT2D eigenvalue weighted by atomic mass is 16.5. The van der Waals surface area contributed by atoms with Crippen molar-refractivity contribution in [1.82, 2.24) is 0 Å². The van der Waals surface area contributed by atoms with Crippen molar-refractivity contribution >= 4 is 11.9 Å². The number of aliphatic hydroxyl groups is 2. The molecule has 7 heteroatoms. The van der Waals surface area contributed by atoms with Crippen LogP contribution in [0.4, 0.5) is 0 Å². The van der Waals surface area contributed by atoms with Gasteiger partial charge in [-0.15, -0.1) is 0 Å². The van der Waals surface area contributed by atoms with Gasteiger partial charge in [0.2, 0.25) is 0 Å². The number of hydrogen-bond donors (Lipinski definition) is 4.